The highest BCUT2D eigenvalue weighted by atomic mass is 35.5. The molecule has 2 aliphatic rings. The fourth-order valence-corrected chi connectivity index (χ4v) is 3.26. The van der Waals surface area contributed by atoms with Crippen molar-refractivity contribution in [3.05, 3.63) is 27.9 Å². The predicted octanol–water partition coefficient (Wildman–Crippen LogP) is 1.56. The summed E-state index contributed by atoms with van der Waals surface area (Å²) in [5, 5.41) is 14.0. The first-order valence-electron chi connectivity index (χ1n) is 6.93. The fraction of sp³-hybridized carbons (Fsp3) is 0.615. The molecule has 0 aromatic carbocycles. The summed E-state index contributed by atoms with van der Waals surface area (Å²) in [6.45, 7) is 3.53. The lowest BCUT2D eigenvalue weighted by atomic mass is 9.78. The molecule has 21 heavy (non-hydrogen) atoms. The molecule has 0 unspecified atom stereocenters. The van der Waals surface area contributed by atoms with Gasteiger partial charge >= 0.3 is 5.82 Å². The van der Waals surface area contributed by atoms with Gasteiger partial charge in [-0.15, -0.1) is 12.4 Å². The highest BCUT2D eigenvalue weighted by molar-refractivity contribution is 5.93. The standard InChI is InChI=1S/C13H18N4O3.ClH/c18-12(10-1-2-11(15-10)17(19)20)16-8-5-13(9-16)3-6-14-7-4-13;/h1-2,14-15H,3-9H2;1H. The Kier molecular flexibility index (Phi) is 4.53. The van der Waals surface area contributed by atoms with E-state index in [1.807, 2.05) is 4.90 Å². The van der Waals surface area contributed by atoms with Gasteiger partial charge in [0.2, 0.25) is 0 Å². The van der Waals surface area contributed by atoms with Crippen LogP contribution >= 0.6 is 12.4 Å². The van der Waals surface area contributed by atoms with E-state index >= 15 is 0 Å². The van der Waals surface area contributed by atoms with Crippen LogP contribution < -0.4 is 5.32 Å². The predicted molar refractivity (Wildman–Crippen MR) is 79.8 cm³/mol. The molecule has 0 saturated carbocycles. The van der Waals surface area contributed by atoms with Crippen molar-refractivity contribution in [3.8, 4) is 0 Å². The average molecular weight is 315 g/mol. The topological polar surface area (TPSA) is 91.3 Å². The van der Waals surface area contributed by atoms with Gasteiger partial charge < -0.3 is 20.3 Å². The van der Waals surface area contributed by atoms with E-state index < -0.39 is 4.92 Å². The third kappa shape index (κ3) is 3.03. The first kappa shape index (κ1) is 15.8. The summed E-state index contributed by atoms with van der Waals surface area (Å²) in [6.07, 6.45) is 3.23. The van der Waals surface area contributed by atoms with Gasteiger partial charge in [0.25, 0.3) is 5.91 Å². The van der Waals surface area contributed by atoms with Gasteiger partial charge in [0.1, 0.15) is 0 Å². The second-order valence-electron chi connectivity index (χ2n) is 5.74. The molecule has 0 aliphatic carbocycles. The van der Waals surface area contributed by atoms with Gasteiger partial charge in [0, 0.05) is 19.2 Å². The monoisotopic (exact) mass is 314 g/mol. The van der Waals surface area contributed by atoms with Gasteiger partial charge in [0.05, 0.1) is 0 Å². The number of aromatic amines is 1. The molecule has 2 N–H and O–H groups in total. The number of carbonyl (C=O) groups is 1. The van der Waals surface area contributed by atoms with Crippen LogP contribution in [0.3, 0.4) is 0 Å². The minimum absolute atomic E-state index is 0. The molecule has 0 bridgehead atoms. The molecule has 0 atom stereocenters. The second-order valence-corrected chi connectivity index (χ2v) is 5.74. The minimum atomic E-state index is -0.519. The van der Waals surface area contributed by atoms with Crippen molar-refractivity contribution in [2.45, 2.75) is 19.3 Å². The van der Waals surface area contributed by atoms with Crippen LogP contribution in [0.25, 0.3) is 0 Å². The van der Waals surface area contributed by atoms with Crippen molar-refractivity contribution in [1.82, 2.24) is 15.2 Å². The second kappa shape index (κ2) is 6.03. The van der Waals surface area contributed by atoms with E-state index in [1.165, 1.54) is 12.1 Å². The van der Waals surface area contributed by atoms with Crippen LogP contribution in [-0.2, 0) is 0 Å². The number of rotatable bonds is 2. The molecule has 3 heterocycles. The number of aromatic nitrogens is 1. The Bertz CT molecular complexity index is 539. The molecule has 7 nitrogen and oxygen atoms in total. The molecule has 8 heteroatoms. The van der Waals surface area contributed by atoms with E-state index in [2.05, 4.69) is 10.3 Å². The molecule has 1 spiro atoms. The molecular weight excluding hydrogens is 296 g/mol. The van der Waals surface area contributed by atoms with Gasteiger partial charge in [-0.25, -0.2) is 4.98 Å². The van der Waals surface area contributed by atoms with E-state index in [9.17, 15) is 14.9 Å². The van der Waals surface area contributed by atoms with Crippen LogP contribution in [0.15, 0.2) is 12.1 Å². The fourth-order valence-electron chi connectivity index (χ4n) is 3.26. The van der Waals surface area contributed by atoms with Gasteiger partial charge in [-0.2, -0.15) is 0 Å². The maximum atomic E-state index is 12.4. The highest BCUT2D eigenvalue weighted by Crippen LogP contribution is 2.38. The first-order valence-corrected chi connectivity index (χ1v) is 6.93. The molecule has 3 rings (SSSR count). The smallest absolute Gasteiger partial charge is 0.321 e. The number of carbonyl (C=O) groups excluding carboxylic acids is 1. The Morgan fingerprint density at radius 1 is 1.29 bits per heavy atom. The van der Waals surface area contributed by atoms with Crippen LogP contribution in [0.5, 0.6) is 0 Å². The Balaban J connectivity index is 0.00000161. The number of hydrogen-bond acceptors (Lipinski definition) is 4. The van der Waals surface area contributed by atoms with Crippen LogP contribution in [0.1, 0.15) is 29.8 Å². The van der Waals surface area contributed by atoms with Crippen LogP contribution in [0.4, 0.5) is 5.82 Å². The molecule has 116 valence electrons. The first-order chi connectivity index (χ1) is 9.60. The van der Waals surface area contributed by atoms with Gasteiger partial charge in [0.15, 0.2) is 5.69 Å². The SMILES string of the molecule is Cl.O=C(c1ccc([N+](=O)[O-])[nH]1)N1CCC2(CCNCC2)C1. The van der Waals surface area contributed by atoms with E-state index in [4.69, 9.17) is 0 Å². The minimum Gasteiger partial charge on any atom is -0.358 e. The summed E-state index contributed by atoms with van der Waals surface area (Å²) in [5.74, 6) is -0.266. The number of nitrogens with one attached hydrogen (secondary N) is 2. The Labute approximate surface area is 128 Å². The number of nitrogens with zero attached hydrogens (tertiary/aromatic N) is 2. The zero-order valence-electron chi connectivity index (χ0n) is 11.6. The number of likely N-dealkylation sites (tertiary alicyclic amines) is 1. The summed E-state index contributed by atoms with van der Waals surface area (Å²) in [4.78, 5) is 26.9. The maximum absolute atomic E-state index is 12.4. The largest absolute Gasteiger partial charge is 0.358 e. The molecule has 2 aliphatic heterocycles. The molecule has 1 aromatic heterocycles. The summed E-state index contributed by atoms with van der Waals surface area (Å²) in [5.41, 5.74) is 0.557. The average Bonchev–Trinajstić information content (AvgIpc) is 3.07. The van der Waals surface area contributed by atoms with Crippen molar-refractivity contribution >= 4 is 24.1 Å². The summed E-state index contributed by atoms with van der Waals surface area (Å²) >= 11 is 0. The lowest BCUT2D eigenvalue weighted by Crippen LogP contribution is -2.39. The third-order valence-electron chi connectivity index (χ3n) is 4.49. The highest BCUT2D eigenvalue weighted by Gasteiger charge is 2.41. The number of amides is 1. The summed E-state index contributed by atoms with van der Waals surface area (Å²) in [6, 6.07) is 2.83. The van der Waals surface area contributed by atoms with Crippen molar-refractivity contribution in [1.29, 1.82) is 0 Å². The number of halogens is 1. The number of H-pyrrole nitrogens is 1. The van der Waals surface area contributed by atoms with Crippen molar-refractivity contribution in [3.63, 3.8) is 0 Å². The molecule has 0 radical (unpaired) electrons. The number of hydrogen-bond donors (Lipinski definition) is 2. The molecule has 2 fully saturated rings. The summed E-state index contributed by atoms with van der Waals surface area (Å²) < 4.78 is 0. The Morgan fingerprint density at radius 2 is 2.00 bits per heavy atom. The van der Waals surface area contributed by atoms with Crippen molar-refractivity contribution < 1.29 is 9.72 Å². The molecular formula is C13H19ClN4O3. The normalized spacial score (nSPS) is 20.3. The van der Waals surface area contributed by atoms with Gasteiger partial charge in [-0.3, -0.25) is 4.79 Å². The zero-order valence-corrected chi connectivity index (χ0v) is 12.4. The van der Waals surface area contributed by atoms with Gasteiger partial charge in [-0.05, 0) is 48.8 Å². The molecule has 1 amide bonds. The molecule has 1 aromatic rings. The maximum Gasteiger partial charge on any atom is 0.321 e. The van der Waals surface area contributed by atoms with Crippen LogP contribution in [0.2, 0.25) is 0 Å². The van der Waals surface area contributed by atoms with E-state index in [0.717, 1.165) is 45.4 Å². The van der Waals surface area contributed by atoms with Crippen LogP contribution in [0, 0.1) is 15.5 Å². The third-order valence-corrected chi connectivity index (χ3v) is 4.49. The number of piperidine rings is 1. The Morgan fingerprint density at radius 3 is 2.62 bits per heavy atom. The van der Waals surface area contributed by atoms with Gasteiger partial charge in [-0.1, -0.05) is 0 Å². The number of nitro groups is 1. The lowest BCUT2D eigenvalue weighted by Gasteiger charge is -2.33. The Hall–Kier alpha value is -1.60. The van der Waals surface area contributed by atoms with Crippen molar-refractivity contribution in [2.75, 3.05) is 26.2 Å². The quantitative estimate of drug-likeness (QED) is 0.640. The van der Waals surface area contributed by atoms with Crippen molar-refractivity contribution in [2.24, 2.45) is 5.41 Å². The zero-order chi connectivity index (χ0) is 14.2. The van der Waals surface area contributed by atoms with E-state index in [0.29, 0.717) is 5.69 Å². The lowest BCUT2D eigenvalue weighted by molar-refractivity contribution is -0.389. The van der Waals surface area contributed by atoms with Crippen LogP contribution in [-0.4, -0.2) is 46.9 Å². The summed E-state index contributed by atoms with van der Waals surface area (Å²) in [7, 11) is 0. The van der Waals surface area contributed by atoms with E-state index in [1.54, 1.807) is 0 Å². The molecule has 2 saturated heterocycles. The van der Waals surface area contributed by atoms with E-state index in [-0.39, 0.29) is 29.5 Å².